The molecule has 4 heteroatoms. The molecule has 2 unspecified atom stereocenters. The van der Waals surface area contributed by atoms with E-state index >= 15 is 0 Å². The summed E-state index contributed by atoms with van der Waals surface area (Å²) in [6, 6.07) is 53.2. The van der Waals surface area contributed by atoms with Gasteiger partial charge in [0.1, 0.15) is 0 Å². The zero-order valence-corrected chi connectivity index (χ0v) is 45.4. The molecule has 362 valence electrons. The van der Waals surface area contributed by atoms with E-state index in [1.165, 1.54) is 142 Å². The molecule has 0 N–H and O–H groups in total. The summed E-state index contributed by atoms with van der Waals surface area (Å²) in [6.07, 6.45) is 4.85. The minimum Gasteiger partial charge on any atom is -0.334 e. The van der Waals surface area contributed by atoms with E-state index in [9.17, 15) is 0 Å². The molecule has 1 saturated carbocycles. The van der Waals surface area contributed by atoms with Gasteiger partial charge in [0.05, 0.1) is 16.9 Å². The number of fused-ring (bicyclic) bond motifs is 12. The Labute approximate surface area is 430 Å². The molecular weight excluding hydrogens is 870 g/mol. The third-order valence-corrected chi connectivity index (χ3v) is 18.8. The van der Waals surface area contributed by atoms with Crippen LogP contribution in [0, 0.1) is 6.92 Å². The van der Waals surface area contributed by atoms with Crippen LogP contribution in [0.1, 0.15) is 155 Å². The number of hydrogen-bond donors (Lipinski definition) is 0. The van der Waals surface area contributed by atoms with Crippen LogP contribution in [0.4, 0.5) is 28.4 Å². The van der Waals surface area contributed by atoms with Crippen molar-refractivity contribution in [2.24, 2.45) is 0 Å². The van der Waals surface area contributed by atoms with Crippen molar-refractivity contribution in [1.29, 1.82) is 0 Å². The van der Waals surface area contributed by atoms with Gasteiger partial charge in [0, 0.05) is 61.3 Å². The summed E-state index contributed by atoms with van der Waals surface area (Å²) >= 11 is 0. The molecular formula is C68H72BN3. The van der Waals surface area contributed by atoms with Gasteiger partial charge in [-0.3, -0.25) is 0 Å². The van der Waals surface area contributed by atoms with E-state index in [1.54, 1.807) is 0 Å². The summed E-state index contributed by atoms with van der Waals surface area (Å²) < 4.78 is 2.72. The summed E-state index contributed by atoms with van der Waals surface area (Å²) in [6.45, 7) is 33.8. The van der Waals surface area contributed by atoms with Gasteiger partial charge in [0.25, 0.3) is 6.71 Å². The van der Waals surface area contributed by atoms with Crippen LogP contribution in [0.15, 0.2) is 133 Å². The second-order valence-electron chi connectivity index (χ2n) is 26.6. The molecule has 5 aliphatic rings. The third-order valence-electron chi connectivity index (χ3n) is 18.8. The molecule has 1 aromatic heterocycles. The number of aromatic nitrogens is 1. The average molecular weight is 942 g/mol. The Bertz CT molecular complexity index is 3620. The topological polar surface area (TPSA) is 11.4 Å². The molecule has 1 fully saturated rings. The van der Waals surface area contributed by atoms with Gasteiger partial charge in [-0.2, -0.15) is 0 Å². The SMILES string of the molecule is Cc1cc2c3c(c1)-n1c4c(c5cc(C(C)(C)C)cc(c51)B3c1ccc(N3c5ccc(C(C)(C)C)cc5C5(C)CCCCC35C)cc1N2c1ccc(C(C)(C)C)cc1-c1ccccc1)C(C)(C)c1ccccc1-4. The first kappa shape index (κ1) is 45.6. The van der Waals surface area contributed by atoms with E-state index in [2.05, 4.69) is 245 Å². The van der Waals surface area contributed by atoms with Crippen molar-refractivity contribution in [3.05, 3.63) is 172 Å². The van der Waals surface area contributed by atoms with Crippen molar-refractivity contribution >= 4 is 62.4 Å². The minimum atomic E-state index is -0.169. The first-order chi connectivity index (χ1) is 34.0. The van der Waals surface area contributed by atoms with E-state index in [0.717, 1.165) is 6.42 Å². The highest BCUT2D eigenvalue weighted by atomic mass is 15.3. The molecule has 2 atom stereocenters. The standard InChI is InChI=1S/C68H72BN3/c1-41-34-57-60-58(35-41)71-61-49(59-62(71)47-24-18-19-25-50(47)66(59,11)12)37-45(65(8,9)10)39-53(61)69(60)52-29-28-46(72-55-31-27-44(64(5,6)7)38-51(55)67(13)32-20-21-33-68(67,72)14)40-56(52)70(57)54-30-26-43(63(2,3)4)36-48(54)42-22-16-15-17-23-42/h15-19,22-31,34-40H,20-21,32-33H2,1-14H3. The van der Waals surface area contributed by atoms with Gasteiger partial charge < -0.3 is 14.4 Å². The first-order valence-corrected chi connectivity index (χ1v) is 27.1. The second-order valence-corrected chi connectivity index (χ2v) is 26.6. The van der Waals surface area contributed by atoms with E-state index < -0.39 is 0 Å². The van der Waals surface area contributed by atoms with Gasteiger partial charge >= 0.3 is 0 Å². The third kappa shape index (κ3) is 6.05. The maximum atomic E-state index is 2.80. The molecule has 13 rings (SSSR count). The van der Waals surface area contributed by atoms with Crippen molar-refractivity contribution in [3.63, 3.8) is 0 Å². The normalized spacial score (nSPS) is 20.3. The lowest BCUT2D eigenvalue weighted by Gasteiger charge is -2.50. The number of anilines is 5. The van der Waals surface area contributed by atoms with Crippen molar-refractivity contribution in [2.75, 3.05) is 9.80 Å². The van der Waals surface area contributed by atoms with E-state index in [1.807, 2.05) is 0 Å². The molecule has 0 saturated heterocycles. The van der Waals surface area contributed by atoms with Crippen molar-refractivity contribution < 1.29 is 0 Å². The summed E-state index contributed by atoms with van der Waals surface area (Å²) in [5.41, 5.74) is 28.1. The number of hydrogen-bond acceptors (Lipinski definition) is 2. The lowest BCUT2D eigenvalue weighted by Crippen LogP contribution is -2.61. The number of rotatable bonds is 3. The van der Waals surface area contributed by atoms with E-state index in [-0.39, 0.29) is 39.3 Å². The van der Waals surface area contributed by atoms with Crippen LogP contribution < -0.4 is 26.2 Å². The van der Waals surface area contributed by atoms with Gasteiger partial charge in [-0.25, -0.2) is 0 Å². The zero-order chi connectivity index (χ0) is 50.4. The number of benzene rings is 7. The van der Waals surface area contributed by atoms with E-state index in [0.29, 0.717) is 0 Å². The largest absolute Gasteiger partial charge is 0.334 e. The lowest BCUT2D eigenvalue weighted by molar-refractivity contribution is 0.195. The maximum Gasteiger partial charge on any atom is 0.252 e. The second kappa shape index (κ2) is 14.7. The predicted molar refractivity (Wildman–Crippen MR) is 309 cm³/mol. The quantitative estimate of drug-likeness (QED) is 0.164. The van der Waals surface area contributed by atoms with Crippen LogP contribution in [0.5, 0.6) is 0 Å². The lowest BCUT2D eigenvalue weighted by atomic mass is 9.33. The highest BCUT2D eigenvalue weighted by Crippen LogP contribution is 2.62. The number of aryl methyl sites for hydroxylation is 1. The molecule has 7 aromatic carbocycles. The predicted octanol–water partition coefficient (Wildman–Crippen LogP) is 16.2. The van der Waals surface area contributed by atoms with Crippen LogP contribution in [-0.2, 0) is 27.1 Å². The highest BCUT2D eigenvalue weighted by molar-refractivity contribution is 7.00. The highest BCUT2D eigenvalue weighted by Gasteiger charge is 2.58. The van der Waals surface area contributed by atoms with Gasteiger partial charge in [0.15, 0.2) is 0 Å². The fourth-order valence-electron chi connectivity index (χ4n) is 14.7. The Hall–Kier alpha value is -6.26. The Kier molecular flexibility index (Phi) is 9.31. The van der Waals surface area contributed by atoms with Crippen molar-refractivity contribution in [3.8, 4) is 28.1 Å². The smallest absolute Gasteiger partial charge is 0.252 e. The summed E-state index contributed by atoms with van der Waals surface area (Å²) in [5.74, 6) is 0. The molecule has 0 amide bonds. The average Bonchev–Trinajstić information content (AvgIpc) is 3.88. The van der Waals surface area contributed by atoms with Crippen LogP contribution >= 0.6 is 0 Å². The summed E-state index contributed by atoms with van der Waals surface area (Å²) in [7, 11) is 0. The molecule has 8 aromatic rings. The summed E-state index contributed by atoms with van der Waals surface area (Å²) in [4.78, 5) is 5.51. The Morgan fingerprint density at radius 1 is 0.514 bits per heavy atom. The molecule has 0 radical (unpaired) electrons. The zero-order valence-electron chi connectivity index (χ0n) is 45.4. The molecule has 72 heavy (non-hydrogen) atoms. The molecule has 3 nitrogen and oxygen atoms in total. The van der Waals surface area contributed by atoms with Crippen molar-refractivity contribution in [2.45, 2.75) is 155 Å². The number of nitrogens with zero attached hydrogens (tertiary/aromatic N) is 3. The fraction of sp³-hybridized carbons (Fsp3) is 0.353. The van der Waals surface area contributed by atoms with Crippen LogP contribution in [0.25, 0.3) is 39.0 Å². The van der Waals surface area contributed by atoms with Crippen LogP contribution in [-0.4, -0.2) is 16.8 Å². The maximum absolute atomic E-state index is 2.80. The van der Waals surface area contributed by atoms with Gasteiger partial charge in [-0.15, -0.1) is 0 Å². The van der Waals surface area contributed by atoms with E-state index in [4.69, 9.17) is 0 Å². The van der Waals surface area contributed by atoms with Crippen LogP contribution in [0.3, 0.4) is 0 Å². The molecule has 3 aliphatic heterocycles. The molecule has 2 aliphatic carbocycles. The van der Waals surface area contributed by atoms with Gasteiger partial charge in [-0.05, 0) is 152 Å². The minimum absolute atomic E-state index is 0.0138. The van der Waals surface area contributed by atoms with Crippen molar-refractivity contribution in [1.82, 2.24) is 4.57 Å². The molecule has 4 heterocycles. The summed E-state index contributed by atoms with van der Waals surface area (Å²) in [5, 5.41) is 1.40. The first-order valence-electron chi connectivity index (χ1n) is 27.1. The molecule has 0 spiro atoms. The van der Waals surface area contributed by atoms with Crippen LogP contribution in [0.2, 0.25) is 0 Å². The fourth-order valence-corrected chi connectivity index (χ4v) is 14.7. The van der Waals surface area contributed by atoms with Gasteiger partial charge in [0.2, 0.25) is 0 Å². The molecule has 0 bridgehead atoms. The van der Waals surface area contributed by atoms with Gasteiger partial charge in [-0.1, -0.05) is 181 Å². The Balaban J connectivity index is 1.16. The Morgan fingerprint density at radius 3 is 1.89 bits per heavy atom. The Morgan fingerprint density at radius 2 is 1.17 bits per heavy atom. The monoisotopic (exact) mass is 942 g/mol.